The number of carbonyl (C=O) groups excluding carboxylic acids is 2. The average Bonchev–Trinajstić information content (AvgIpc) is 2.83. The summed E-state index contributed by atoms with van der Waals surface area (Å²) in [5.41, 5.74) is 0.956. The molecule has 120 valence electrons. The highest BCUT2D eigenvalue weighted by molar-refractivity contribution is 5.85. The third-order valence-electron chi connectivity index (χ3n) is 3.66. The van der Waals surface area contributed by atoms with E-state index in [1.54, 1.807) is 0 Å². The molecule has 0 aromatic heterocycles. The molecule has 5 heteroatoms. The van der Waals surface area contributed by atoms with Gasteiger partial charge in [-0.15, -0.1) is 0 Å². The lowest BCUT2D eigenvalue weighted by Crippen LogP contribution is -2.45. The number of esters is 1. The van der Waals surface area contributed by atoms with Crippen molar-refractivity contribution in [2.75, 3.05) is 6.61 Å². The highest BCUT2D eigenvalue weighted by Gasteiger charge is 2.48. The second-order valence-corrected chi connectivity index (χ2v) is 5.82. The summed E-state index contributed by atoms with van der Waals surface area (Å²) in [6.07, 6.45) is -0.181. The van der Waals surface area contributed by atoms with E-state index in [1.165, 1.54) is 4.90 Å². The molecule has 1 amide bonds. The number of carbonyl (C=O) groups is 2. The topological polar surface area (TPSA) is 55.8 Å². The summed E-state index contributed by atoms with van der Waals surface area (Å²) in [6.45, 7) is 6.50. The first-order valence-corrected chi connectivity index (χ1v) is 7.72. The fourth-order valence-corrected chi connectivity index (χ4v) is 2.53. The summed E-state index contributed by atoms with van der Waals surface area (Å²) >= 11 is 0. The van der Waals surface area contributed by atoms with Crippen molar-refractivity contribution < 1.29 is 19.1 Å². The largest absolute Gasteiger partial charge is 0.464 e. The van der Waals surface area contributed by atoms with Crippen molar-refractivity contribution in [2.45, 2.75) is 45.9 Å². The lowest BCUT2D eigenvalue weighted by Gasteiger charge is -2.24. The number of hydrogen-bond donors (Lipinski definition) is 0. The summed E-state index contributed by atoms with van der Waals surface area (Å²) in [5, 5.41) is 0. The van der Waals surface area contributed by atoms with Crippen molar-refractivity contribution in [3.63, 3.8) is 0 Å². The fourth-order valence-electron chi connectivity index (χ4n) is 2.53. The smallest absolute Gasteiger partial charge is 0.411 e. The molecule has 22 heavy (non-hydrogen) atoms. The van der Waals surface area contributed by atoms with Crippen LogP contribution in [0.2, 0.25) is 0 Å². The summed E-state index contributed by atoms with van der Waals surface area (Å²) in [5.74, 6) is -0.341. The van der Waals surface area contributed by atoms with Crippen LogP contribution >= 0.6 is 0 Å². The lowest BCUT2D eigenvalue weighted by atomic mass is 9.99. The zero-order valence-corrected chi connectivity index (χ0v) is 13.3. The van der Waals surface area contributed by atoms with Crippen molar-refractivity contribution >= 4 is 12.1 Å². The Hall–Kier alpha value is -2.04. The van der Waals surface area contributed by atoms with Gasteiger partial charge in [0.05, 0.1) is 13.2 Å². The predicted molar refractivity (Wildman–Crippen MR) is 82.1 cm³/mol. The lowest BCUT2D eigenvalue weighted by molar-refractivity contribution is -0.150. The van der Waals surface area contributed by atoms with Crippen LogP contribution in [-0.2, 0) is 20.8 Å². The molecule has 1 aliphatic heterocycles. The highest BCUT2D eigenvalue weighted by Crippen LogP contribution is 2.28. The van der Waals surface area contributed by atoms with Crippen LogP contribution in [0, 0.1) is 5.92 Å². The number of rotatable bonds is 6. The van der Waals surface area contributed by atoms with E-state index in [9.17, 15) is 9.59 Å². The van der Waals surface area contributed by atoms with Gasteiger partial charge in [-0.1, -0.05) is 51.1 Å². The molecule has 1 fully saturated rings. The molecule has 1 saturated heterocycles. The number of hydrogen-bond acceptors (Lipinski definition) is 4. The van der Waals surface area contributed by atoms with Gasteiger partial charge in [0.25, 0.3) is 0 Å². The Labute approximate surface area is 131 Å². The molecule has 0 aliphatic carbocycles. The van der Waals surface area contributed by atoms with Crippen LogP contribution in [-0.4, -0.2) is 35.7 Å². The van der Waals surface area contributed by atoms with Crippen molar-refractivity contribution in [3.05, 3.63) is 35.9 Å². The van der Waals surface area contributed by atoms with E-state index < -0.39 is 18.2 Å². The SMILES string of the molecule is CCCOC(=O)[C@H]1[C@H](C(C)C)OC(=O)N1Cc1ccccc1. The summed E-state index contributed by atoms with van der Waals surface area (Å²) in [7, 11) is 0. The van der Waals surface area contributed by atoms with Gasteiger partial charge in [-0.3, -0.25) is 4.90 Å². The first kappa shape index (κ1) is 16.3. The quantitative estimate of drug-likeness (QED) is 0.758. The normalized spacial score (nSPS) is 21.1. The van der Waals surface area contributed by atoms with E-state index in [1.807, 2.05) is 51.1 Å². The molecular formula is C17H23NO4. The molecular weight excluding hydrogens is 282 g/mol. The molecule has 0 radical (unpaired) electrons. The third-order valence-corrected chi connectivity index (χ3v) is 3.66. The van der Waals surface area contributed by atoms with Crippen LogP contribution in [0.4, 0.5) is 4.79 Å². The number of cyclic esters (lactones) is 1. The van der Waals surface area contributed by atoms with Crippen LogP contribution < -0.4 is 0 Å². The Balaban J connectivity index is 2.20. The van der Waals surface area contributed by atoms with Crippen LogP contribution in [0.1, 0.15) is 32.8 Å². The molecule has 1 aromatic carbocycles. The van der Waals surface area contributed by atoms with E-state index in [4.69, 9.17) is 9.47 Å². The maximum absolute atomic E-state index is 12.4. The molecule has 0 bridgehead atoms. The molecule has 0 N–H and O–H groups in total. The fraction of sp³-hybridized carbons (Fsp3) is 0.529. The molecule has 2 rings (SSSR count). The Kier molecular flexibility index (Phi) is 5.41. The molecule has 1 aromatic rings. The van der Waals surface area contributed by atoms with Gasteiger partial charge < -0.3 is 9.47 Å². The van der Waals surface area contributed by atoms with Gasteiger partial charge in [-0.2, -0.15) is 0 Å². The van der Waals surface area contributed by atoms with Crippen LogP contribution in [0.5, 0.6) is 0 Å². The van der Waals surface area contributed by atoms with Crippen molar-refractivity contribution in [1.29, 1.82) is 0 Å². The first-order valence-electron chi connectivity index (χ1n) is 7.72. The Morgan fingerprint density at radius 1 is 1.32 bits per heavy atom. The van der Waals surface area contributed by atoms with Gasteiger partial charge in [-0.05, 0) is 17.9 Å². The van der Waals surface area contributed by atoms with E-state index in [0.29, 0.717) is 13.2 Å². The molecule has 1 heterocycles. The van der Waals surface area contributed by atoms with Crippen molar-refractivity contribution in [3.8, 4) is 0 Å². The maximum atomic E-state index is 12.4. The van der Waals surface area contributed by atoms with Gasteiger partial charge in [0, 0.05) is 0 Å². The molecule has 0 saturated carbocycles. The summed E-state index contributed by atoms with van der Waals surface area (Å²) in [6, 6.07) is 8.88. The number of benzene rings is 1. The summed E-state index contributed by atoms with van der Waals surface area (Å²) < 4.78 is 10.7. The first-order chi connectivity index (χ1) is 10.5. The van der Waals surface area contributed by atoms with Gasteiger partial charge in [0.1, 0.15) is 6.10 Å². The second-order valence-electron chi connectivity index (χ2n) is 5.82. The number of amides is 1. The molecule has 0 unspecified atom stereocenters. The highest BCUT2D eigenvalue weighted by atomic mass is 16.6. The Bertz CT molecular complexity index is 515. The van der Waals surface area contributed by atoms with Crippen LogP contribution in [0.25, 0.3) is 0 Å². The number of ether oxygens (including phenoxy) is 2. The van der Waals surface area contributed by atoms with Crippen LogP contribution in [0.3, 0.4) is 0 Å². The maximum Gasteiger partial charge on any atom is 0.411 e. The predicted octanol–water partition coefficient (Wildman–Crippen LogP) is 2.99. The third kappa shape index (κ3) is 3.59. The van der Waals surface area contributed by atoms with Gasteiger partial charge in [-0.25, -0.2) is 9.59 Å². The van der Waals surface area contributed by atoms with Gasteiger partial charge >= 0.3 is 12.1 Å². The standard InChI is InChI=1S/C17H23NO4/c1-4-10-21-16(19)14-15(12(2)3)22-17(20)18(14)11-13-8-6-5-7-9-13/h5-9,12,14-15H,4,10-11H2,1-3H3/t14-,15+/m1/s1. The Morgan fingerprint density at radius 3 is 2.59 bits per heavy atom. The minimum atomic E-state index is -0.681. The van der Waals surface area contributed by atoms with E-state index in [-0.39, 0.29) is 11.9 Å². The van der Waals surface area contributed by atoms with Crippen molar-refractivity contribution in [1.82, 2.24) is 4.90 Å². The zero-order chi connectivity index (χ0) is 16.1. The number of nitrogens with zero attached hydrogens (tertiary/aromatic N) is 1. The van der Waals surface area contributed by atoms with E-state index in [0.717, 1.165) is 12.0 Å². The van der Waals surface area contributed by atoms with Crippen molar-refractivity contribution in [2.24, 2.45) is 5.92 Å². The second kappa shape index (κ2) is 7.29. The minimum Gasteiger partial charge on any atom is -0.464 e. The van der Waals surface area contributed by atoms with Gasteiger partial charge in [0.15, 0.2) is 6.04 Å². The Morgan fingerprint density at radius 2 is 2.00 bits per heavy atom. The molecule has 5 nitrogen and oxygen atoms in total. The van der Waals surface area contributed by atoms with E-state index in [2.05, 4.69) is 0 Å². The monoisotopic (exact) mass is 305 g/mol. The zero-order valence-electron chi connectivity index (χ0n) is 13.3. The van der Waals surface area contributed by atoms with E-state index >= 15 is 0 Å². The minimum absolute atomic E-state index is 0.0453. The molecule has 2 atom stereocenters. The van der Waals surface area contributed by atoms with Crippen LogP contribution in [0.15, 0.2) is 30.3 Å². The van der Waals surface area contributed by atoms with Gasteiger partial charge in [0.2, 0.25) is 0 Å². The average molecular weight is 305 g/mol. The molecule has 0 spiro atoms. The summed E-state index contributed by atoms with van der Waals surface area (Å²) in [4.78, 5) is 26.0. The molecule has 1 aliphatic rings.